The predicted octanol–water partition coefficient (Wildman–Crippen LogP) is 3.56. The first-order valence-corrected chi connectivity index (χ1v) is 11.3. The quantitative estimate of drug-likeness (QED) is 0.510. The summed E-state index contributed by atoms with van der Waals surface area (Å²) in [7, 11) is -3.33. The summed E-state index contributed by atoms with van der Waals surface area (Å²) in [5, 5.41) is 0. The van der Waals surface area contributed by atoms with Gasteiger partial charge in [-0.05, 0) is 60.7 Å². The van der Waals surface area contributed by atoms with Crippen LogP contribution in [0.4, 0.5) is 5.69 Å². The lowest BCUT2D eigenvalue weighted by Crippen LogP contribution is -2.30. The number of ether oxygens (including phenoxy) is 1. The van der Waals surface area contributed by atoms with Crippen molar-refractivity contribution in [3.05, 3.63) is 64.7 Å². The monoisotopic (exact) mass is 415 g/mol. The Labute approximate surface area is 171 Å². The van der Waals surface area contributed by atoms with Crippen molar-refractivity contribution in [2.24, 2.45) is 0 Å². The molecule has 0 fully saturated rings. The predicted molar refractivity (Wildman–Crippen MR) is 112 cm³/mol. The van der Waals surface area contributed by atoms with Gasteiger partial charge in [0.05, 0.1) is 17.0 Å². The second-order valence-electron chi connectivity index (χ2n) is 7.34. The van der Waals surface area contributed by atoms with E-state index in [9.17, 15) is 18.0 Å². The fourth-order valence-corrected chi connectivity index (χ4v) is 4.45. The molecule has 29 heavy (non-hydrogen) atoms. The van der Waals surface area contributed by atoms with Gasteiger partial charge in [-0.25, -0.2) is 13.2 Å². The second kappa shape index (κ2) is 8.37. The molecule has 1 aliphatic rings. The van der Waals surface area contributed by atoms with Crippen LogP contribution in [-0.4, -0.2) is 39.1 Å². The average Bonchev–Trinajstić information content (AvgIpc) is 3.16. The van der Waals surface area contributed by atoms with Crippen molar-refractivity contribution in [3.8, 4) is 0 Å². The molecule has 0 amide bonds. The molecule has 2 aromatic rings. The summed E-state index contributed by atoms with van der Waals surface area (Å²) in [6.45, 7) is 5.76. The first kappa shape index (κ1) is 21.0. The summed E-state index contributed by atoms with van der Waals surface area (Å²) in [6, 6.07) is 12.1. The third-order valence-corrected chi connectivity index (χ3v) is 6.88. The molecule has 0 aliphatic carbocycles. The van der Waals surface area contributed by atoms with Crippen LogP contribution in [0.15, 0.2) is 42.5 Å². The average molecular weight is 416 g/mol. The highest BCUT2D eigenvalue weighted by Gasteiger charge is 2.28. The zero-order chi connectivity index (χ0) is 21.2. The van der Waals surface area contributed by atoms with Gasteiger partial charge in [0.15, 0.2) is 12.4 Å². The third kappa shape index (κ3) is 4.50. The molecule has 0 atom stereocenters. The fraction of sp³-hybridized carbons (Fsp3) is 0.364. The van der Waals surface area contributed by atoms with E-state index in [1.165, 1.54) is 4.31 Å². The molecule has 0 unspecified atom stereocenters. The molecular weight excluding hydrogens is 390 g/mol. The highest BCUT2D eigenvalue weighted by Crippen LogP contribution is 2.31. The Balaban J connectivity index is 1.65. The van der Waals surface area contributed by atoms with E-state index in [1.807, 2.05) is 12.1 Å². The number of hydrogen-bond donors (Lipinski definition) is 0. The summed E-state index contributed by atoms with van der Waals surface area (Å²) < 4.78 is 30.9. The van der Waals surface area contributed by atoms with Gasteiger partial charge in [0, 0.05) is 12.1 Å². The molecule has 1 heterocycles. The molecule has 0 radical (unpaired) electrons. The summed E-state index contributed by atoms with van der Waals surface area (Å²) in [6.07, 6.45) is 0.553. The highest BCUT2D eigenvalue weighted by atomic mass is 32.2. The number of sulfonamides is 1. The van der Waals surface area contributed by atoms with E-state index in [0.29, 0.717) is 35.7 Å². The van der Waals surface area contributed by atoms with Crippen LogP contribution in [0.25, 0.3) is 0 Å². The van der Waals surface area contributed by atoms with Gasteiger partial charge in [-0.2, -0.15) is 0 Å². The lowest BCUT2D eigenvalue weighted by molar-refractivity contribution is 0.0474. The Morgan fingerprint density at radius 1 is 1.07 bits per heavy atom. The van der Waals surface area contributed by atoms with Crippen molar-refractivity contribution < 1.29 is 22.7 Å². The summed E-state index contributed by atoms with van der Waals surface area (Å²) >= 11 is 0. The number of benzene rings is 2. The van der Waals surface area contributed by atoms with Crippen molar-refractivity contribution in [2.75, 3.05) is 23.2 Å². The zero-order valence-corrected chi connectivity index (χ0v) is 17.7. The van der Waals surface area contributed by atoms with Crippen LogP contribution in [0.1, 0.15) is 58.5 Å². The van der Waals surface area contributed by atoms with Gasteiger partial charge in [-0.15, -0.1) is 0 Å². The van der Waals surface area contributed by atoms with Crippen LogP contribution < -0.4 is 4.31 Å². The number of hydrogen-bond acceptors (Lipinski definition) is 5. The van der Waals surface area contributed by atoms with E-state index < -0.39 is 16.0 Å². The smallest absolute Gasteiger partial charge is 0.338 e. The Bertz CT molecular complexity index is 1030. The Kier molecular flexibility index (Phi) is 6.07. The summed E-state index contributed by atoms with van der Waals surface area (Å²) in [5.74, 6) is -0.474. The molecule has 2 aromatic carbocycles. The zero-order valence-electron chi connectivity index (χ0n) is 16.8. The first-order valence-electron chi connectivity index (χ1n) is 9.66. The molecule has 0 N–H and O–H groups in total. The topological polar surface area (TPSA) is 80.8 Å². The van der Waals surface area contributed by atoms with Crippen molar-refractivity contribution >= 4 is 27.5 Å². The van der Waals surface area contributed by atoms with Crippen molar-refractivity contribution in [2.45, 2.75) is 33.1 Å². The van der Waals surface area contributed by atoms with Crippen molar-refractivity contribution in [1.29, 1.82) is 0 Å². The third-order valence-electron chi connectivity index (χ3n) is 5.10. The number of carbonyl (C=O) groups is 2. The van der Waals surface area contributed by atoms with Crippen molar-refractivity contribution in [1.82, 2.24) is 0 Å². The molecule has 7 heteroatoms. The largest absolute Gasteiger partial charge is 0.454 e. The van der Waals surface area contributed by atoms with E-state index in [4.69, 9.17) is 4.74 Å². The molecule has 0 saturated carbocycles. The highest BCUT2D eigenvalue weighted by molar-refractivity contribution is 7.92. The number of fused-ring (bicyclic) bond motifs is 1. The van der Waals surface area contributed by atoms with Crippen LogP contribution in [0.5, 0.6) is 0 Å². The number of carbonyl (C=O) groups excluding carboxylic acids is 2. The molecule has 154 valence electrons. The van der Waals surface area contributed by atoms with E-state index in [0.717, 1.165) is 11.1 Å². The molecule has 0 bridgehead atoms. The van der Waals surface area contributed by atoms with E-state index in [1.54, 1.807) is 37.3 Å². The van der Waals surface area contributed by atoms with Gasteiger partial charge in [-0.1, -0.05) is 26.0 Å². The summed E-state index contributed by atoms with van der Waals surface area (Å²) in [4.78, 5) is 24.6. The van der Waals surface area contributed by atoms with E-state index >= 15 is 0 Å². The number of rotatable bonds is 7. The maximum absolute atomic E-state index is 12.4. The first-order chi connectivity index (χ1) is 13.7. The lowest BCUT2D eigenvalue weighted by atomic mass is 10.0. The lowest BCUT2D eigenvalue weighted by Gasteiger charge is -2.18. The number of anilines is 1. The molecule has 6 nitrogen and oxygen atoms in total. The van der Waals surface area contributed by atoms with Gasteiger partial charge >= 0.3 is 5.97 Å². The minimum Gasteiger partial charge on any atom is -0.454 e. The molecule has 1 aliphatic heterocycles. The number of esters is 1. The second-order valence-corrected chi connectivity index (χ2v) is 9.52. The Morgan fingerprint density at radius 3 is 2.34 bits per heavy atom. The summed E-state index contributed by atoms with van der Waals surface area (Å²) in [5.41, 5.74) is 3.35. The maximum atomic E-state index is 12.4. The fourth-order valence-electron chi connectivity index (χ4n) is 3.29. The van der Waals surface area contributed by atoms with E-state index in [2.05, 4.69) is 13.8 Å². The normalized spacial score (nSPS) is 13.4. The van der Waals surface area contributed by atoms with Gasteiger partial charge in [0.25, 0.3) is 0 Å². The maximum Gasteiger partial charge on any atom is 0.338 e. The minimum absolute atomic E-state index is 0.0290. The van der Waals surface area contributed by atoms with Crippen LogP contribution in [-0.2, 0) is 21.2 Å². The van der Waals surface area contributed by atoms with Crippen LogP contribution in [0, 0.1) is 0 Å². The molecular formula is C22H25NO5S. The van der Waals surface area contributed by atoms with Crippen LogP contribution in [0.3, 0.4) is 0 Å². The molecule has 0 saturated heterocycles. The minimum atomic E-state index is -3.33. The van der Waals surface area contributed by atoms with Gasteiger partial charge < -0.3 is 4.74 Å². The van der Waals surface area contributed by atoms with Crippen LogP contribution >= 0.6 is 0 Å². The molecule has 0 aromatic heterocycles. The Hall–Kier alpha value is -2.67. The van der Waals surface area contributed by atoms with Gasteiger partial charge in [0.1, 0.15) is 0 Å². The molecule has 3 rings (SSSR count). The standard InChI is InChI=1S/C22H25NO5S/c1-4-29(26,27)23-12-11-18-13-19(9-10-20(18)23)21(24)14-28-22(25)17-7-5-16(6-8-17)15(2)3/h5-10,13,15H,4,11-12,14H2,1-3H3. The molecule has 0 spiro atoms. The van der Waals surface area contributed by atoms with E-state index in [-0.39, 0.29) is 18.1 Å². The SMILES string of the molecule is CCS(=O)(=O)N1CCc2cc(C(=O)COC(=O)c3ccc(C(C)C)cc3)ccc21. The van der Waals surface area contributed by atoms with Gasteiger partial charge in [0.2, 0.25) is 10.0 Å². The van der Waals surface area contributed by atoms with Gasteiger partial charge in [-0.3, -0.25) is 9.10 Å². The number of nitrogens with zero attached hydrogens (tertiary/aromatic N) is 1. The van der Waals surface area contributed by atoms with Crippen molar-refractivity contribution in [3.63, 3.8) is 0 Å². The number of Topliss-reactive ketones (excluding diaryl/α,β-unsaturated/α-hetero) is 1. The van der Waals surface area contributed by atoms with Crippen LogP contribution in [0.2, 0.25) is 0 Å². The number of ketones is 1. The Morgan fingerprint density at radius 2 is 1.72 bits per heavy atom.